The number of aliphatic hydroxyl groups excluding tert-OH is 1. The van der Waals surface area contributed by atoms with Gasteiger partial charge in [0.05, 0.1) is 19.1 Å². The standard InChI is InChI=1S/C27H31NO3/c1-21(27(30)31-2)26(29)25(18-22-12-6-3-7-13-22)28(19-23-14-8-4-9-15-23)20-24-16-10-5-11-17-24/h3-17,21,25-26,29H,18-20H2,1-2H3/t21-,25+,26+/m1/s1. The molecule has 0 saturated heterocycles. The second-order valence-electron chi connectivity index (χ2n) is 7.94. The molecule has 0 radical (unpaired) electrons. The van der Waals surface area contributed by atoms with Crippen LogP contribution in [-0.4, -0.2) is 35.2 Å². The molecule has 0 amide bonds. The number of esters is 1. The Morgan fingerprint density at radius 1 is 0.806 bits per heavy atom. The third-order valence-corrected chi connectivity index (χ3v) is 5.69. The summed E-state index contributed by atoms with van der Waals surface area (Å²) < 4.78 is 4.93. The van der Waals surface area contributed by atoms with Gasteiger partial charge in [0, 0.05) is 19.1 Å². The van der Waals surface area contributed by atoms with Gasteiger partial charge < -0.3 is 9.84 Å². The van der Waals surface area contributed by atoms with Crippen LogP contribution in [0.4, 0.5) is 0 Å². The van der Waals surface area contributed by atoms with Crippen molar-refractivity contribution in [3.63, 3.8) is 0 Å². The molecule has 3 rings (SSSR count). The predicted octanol–water partition coefficient (Wildman–Crippen LogP) is 4.47. The largest absolute Gasteiger partial charge is 0.469 e. The molecular weight excluding hydrogens is 386 g/mol. The molecule has 0 aliphatic rings. The maximum atomic E-state index is 12.2. The van der Waals surface area contributed by atoms with Crippen molar-refractivity contribution in [3.8, 4) is 0 Å². The Balaban J connectivity index is 1.96. The van der Waals surface area contributed by atoms with Crippen LogP contribution in [0.25, 0.3) is 0 Å². The summed E-state index contributed by atoms with van der Waals surface area (Å²) in [4.78, 5) is 14.5. The Kier molecular flexibility index (Phi) is 8.39. The Hall–Kier alpha value is -2.95. The van der Waals surface area contributed by atoms with Gasteiger partial charge in [-0.25, -0.2) is 0 Å². The van der Waals surface area contributed by atoms with Crippen molar-refractivity contribution in [2.45, 2.75) is 38.6 Å². The van der Waals surface area contributed by atoms with Crippen molar-refractivity contribution in [1.29, 1.82) is 0 Å². The molecule has 1 N–H and O–H groups in total. The maximum Gasteiger partial charge on any atom is 0.311 e. The lowest BCUT2D eigenvalue weighted by atomic mass is 9.91. The zero-order valence-electron chi connectivity index (χ0n) is 18.2. The third kappa shape index (κ3) is 6.51. The van der Waals surface area contributed by atoms with E-state index < -0.39 is 18.0 Å². The van der Waals surface area contributed by atoms with Gasteiger partial charge in [-0.1, -0.05) is 91.0 Å². The normalized spacial score (nSPS) is 14.1. The minimum Gasteiger partial charge on any atom is -0.469 e. The second kappa shape index (κ2) is 11.4. The number of carbonyl (C=O) groups is 1. The molecule has 31 heavy (non-hydrogen) atoms. The summed E-state index contributed by atoms with van der Waals surface area (Å²) in [6.45, 7) is 3.06. The highest BCUT2D eigenvalue weighted by Gasteiger charge is 2.34. The molecule has 3 aromatic rings. The average Bonchev–Trinajstić information content (AvgIpc) is 2.82. The van der Waals surface area contributed by atoms with Gasteiger partial charge in [-0.15, -0.1) is 0 Å². The minimum atomic E-state index is -0.875. The van der Waals surface area contributed by atoms with Gasteiger partial charge in [-0.3, -0.25) is 9.69 Å². The van der Waals surface area contributed by atoms with E-state index in [0.717, 1.165) is 16.7 Å². The third-order valence-electron chi connectivity index (χ3n) is 5.69. The SMILES string of the molecule is COC(=O)[C@H](C)[C@H](O)[C@H](Cc1ccccc1)N(Cc1ccccc1)Cc1ccccc1. The first-order chi connectivity index (χ1) is 15.1. The summed E-state index contributed by atoms with van der Waals surface area (Å²) >= 11 is 0. The summed E-state index contributed by atoms with van der Waals surface area (Å²) in [7, 11) is 1.36. The molecule has 0 saturated carbocycles. The minimum absolute atomic E-state index is 0.267. The van der Waals surface area contributed by atoms with E-state index in [1.165, 1.54) is 7.11 Å². The van der Waals surface area contributed by atoms with Crippen molar-refractivity contribution in [2.75, 3.05) is 7.11 Å². The van der Waals surface area contributed by atoms with Crippen molar-refractivity contribution in [1.82, 2.24) is 4.90 Å². The van der Waals surface area contributed by atoms with Gasteiger partial charge in [-0.05, 0) is 30.0 Å². The van der Waals surface area contributed by atoms with E-state index in [2.05, 4.69) is 41.3 Å². The first kappa shape index (κ1) is 22.7. The van der Waals surface area contributed by atoms with Crippen LogP contribution in [0.2, 0.25) is 0 Å². The van der Waals surface area contributed by atoms with Gasteiger partial charge in [0.2, 0.25) is 0 Å². The number of benzene rings is 3. The lowest BCUT2D eigenvalue weighted by Crippen LogP contribution is -2.48. The fourth-order valence-electron chi connectivity index (χ4n) is 3.91. The number of ether oxygens (including phenoxy) is 1. The average molecular weight is 418 g/mol. The van der Waals surface area contributed by atoms with E-state index in [1.807, 2.05) is 54.6 Å². The Morgan fingerprint density at radius 3 is 1.65 bits per heavy atom. The van der Waals surface area contributed by atoms with Crippen LogP contribution in [0.1, 0.15) is 23.6 Å². The summed E-state index contributed by atoms with van der Waals surface area (Å²) in [5, 5.41) is 11.3. The fraction of sp³-hybridized carbons (Fsp3) is 0.296. The zero-order chi connectivity index (χ0) is 22.1. The number of hydrogen-bond donors (Lipinski definition) is 1. The molecule has 0 aliphatic heterocycles. The van der Waals surface area contributed by atoms with Gasteiger partial charge in [0.25, 0.3) is 0 Å². The van der Waals surface area contributed by atoms with E-state index in [4.69, 9.17) is 4.74 Å². The molecule has 0 fully saturated rings. The highest BCUT2D eigenvalue weighted by molar-refractivity contribution is 5.72. The molecule has 0 spiro atoms. The molecule has 0 unspecified atom stereocenters. The van der Waals surface area contributed by atoms with Crippen LogP contribution in [0.15, 0.2) is 91.0 Å². The van der Waals surface area contributed by atoms with E-state index in [-0.39, 0.29) is 6.04 Å². The fourth-order valence-corrected chi connectivity index (χ4v) is 3.91. The van der Waals surface area contributed by atoms with Gasteiger partial charge in [0.1, 0.15) is 0 Å². The number of hydrogen-bond acceptors (Lipinski definition) is 4. The summed E-state index contributed by atoms with van der Waals surface area (Å²) in [6, 6.07) is 30.3. The smallest absolute Gasteiger partial charge is 0.311 e. The van der Waals surface area contributed by atoms with Crippen molar-refractivity contribution in [2.24, 2.45) is 5.92 Å². The molecule has 162 valence electrons. The number of aliphatic hydroxyl groups is 1. The van der Waals surface area contributed by atoms with Crippen molar-refractivity contribution in [3.05, 3.63) is 108 Å². The lowest BCUT2D eigenvalue weighted by molar-refractivity contribution is -0.150. The van der Waals surface area contributed by atoms with E-state index in [1.54, 1.807) is 6.92 Å². The van der Waals surface area contributed by atoms with Gasteiger partial charge >= 0.3 is 5.97 Å². The monoisotopic (exact) mass is 417 g/mol. The van der Waals surface area contributed by atoms with Crippen molar-refractivity contribution >= 4 is 5.97 Å². The molecule has 0 bridgehead atoms. The van der Waals surface area contributed by atoms with E-state index >= 15 is 0 Å². The number of carbonyl (C=O) groups excluding carboxylic acids is 1. The molecule has 0 heterocycles. The van der Waals surface area contributed by atoms with Crippen LogP contribution in [0, 0.1) is 5.92 Å². The zero-order valence-corrected chi connectivity index (χ0v) is 18.2. The van der Waals surface area contributed by atoms with E-state index in [0.29, 0.717) is 19.5 Å². The quantitative estimate of drug-likeness (QED) is 0.495. The molecule has 4 heteroatoms. The Morgan fingerprint density at radius 2 is 1.23 bits per heavy atom. The maximum absolute atomic E-state index is 12.2. The van der Waals surface area contributed by atoms with Crippen LogP contribution in [-0.2, 0) is 29.0 Å². The number of nitrogens with zero attached hydrogens (tertiary/aromatic N) is 1. The number of rotatable bonds is 10. The molecule has 0 aliphatic carbocycles. The van der Waals surface area contributed by atoms with Crippen molar-refractivity contribution < 1.29 is 14.6 Å². The Labute approximate surface area is 185 Å². The predicted molar refractivity (Wildman–Crippen MR) is 123 cm³/mol. The van der Waals surface area contributed by atoms with Crippen LogP contribution in [0.5, 0.6) is 0 Å². The highest BCUT2D eigenvalue weighted by Crippen LogP contribution is 2.23. The van der Waals surface area contributed by atoms with Gasteiger partial charge in [-0.2, -0.15) is 0 Å². The molecule has 3 atom stereocenters. The summed E-state index contributed by atoms with van der Waals surface area (Å²) in [5.41, 5.74) is 3.44. The first-order valence-corrected chi connectivity index (χ1v) is 10.7. The van der Waals surface area contributed by atoms with E-state index in [9.17, 15) is 9.90 Å². The summed E-state index contributed by atoms with van der Waals surface area (Å²) in [6.07, 6.45) is -0.247. The highest BCUT2D eigenvalue weighted by atomic mass is 16.5. The summed E-state index contributed by atoms with van der Waals surface area (Å²) in [5.74, 6) is -1.03. The Bertz CT molecular complexity index is 873. The number of methoxy groups -OCH3 is 1. The second-order valence-corrected chi connectivity index (χ2v) is 7.94. The first-order valence-electron chi connectivity index (χ1n) is 10.7. The molecule has 0 aromatic heterocycles. The molecular formula is C27H31NO3. The van der Waals surface area contributed by atoms with Crippen LogP contribution < -0.4 is 0 Å². The lowest BCUT2D eigenvalue weighted by Gasteiger charge is -2.37. The topological polar surface area (TPSA) is 49.8 Å². The van der Waals surface area contributed by atoms with Crippen LogP contribution in [0.3, 0.4) is 0 Å². The molecule has 3 aromatic carbocycles. The van der Waals surface area contributed by atoms with Crippen LogP contribution >= 0.6 is 0 Å². The van der Waals surface area contributed by atoms with Gasteiger partial charge in [0.15, 0.2) is 0 Å². The molecule has 4 nitrogen and oxygen atoms in total.